The number of nitrogens with one attached hydrogen (secondary N) is 2. The van der Waals surface area contributed by atoms with E-state index in [1.165, 1.54) is 0 Å². The molecule has 0 aromatic carbocycles. The highest BCUT2D eigenvalue weighted by Crippen LogP contribution is 2.40. The van der Waals surface area contributed by atoms with Crippen LogP contribution in [0.3, 0.4) is 0 Å². The molecule has 0 amide bonds. The van der Waals surface area contributed by atoms with Gasteiger partial charge in [-0.3, -0.25) is 0 Å². The molecular formula is C32H50N16. The van der Waals surface area contributed by atoms with Crippen LogP contribution in [-0.2, 0) is 0 Å². The van der Waals surface area contributed by atoms with Gasteiger partial charge in [0.15, 0.2) is 45.9 Å². The van der Waals surface area contributed by atoms with E-state index in [1.54, 1.807) is 0 Å². The molecule has 3 aromatic heterocycles. The first-order valence-electron chi connectivity index (χ1n) is 15.6. The molecule has 0 saturated heterocycles. The van der Waals surface area contributed by atoms with Crippen LogP contribution in [0.5, 0.6) is 0 Å². The van der Waals surface area contributed by atoms with Crippen molar-refractivity contribution in [2.75, 3.05) is 132 Å². The van der Waals surface area contributed by atoms with Crippen molar-refractivity contribution >= 4 is 68.1 Å². The molecule has 0 spiro atoms. The van der Waals surface area contributed by atoms with Crippen molar-refractivity contribution in [3.8, 4) is 0 Å². The molecule has 258 valence electrons. The molecule has 16 nitrogen and oxygen atoms in total. The fourth-order valence-corrected chi connectivity index (χ4v) is 6.15. The van der Waals surface area contributed by atoms with E-state index >= 15 is 0 Å². The van der Waals surface area contributed by atoms with Gasteiger partial charge in [0, 0.05) is 113 Å². The maximum atomic E-state index is 5.24. The lowest BCUT2D eigenvalue weighted by atomic mass is 10.2. The van der Waals surface area contributed by atoms with Gasteiger partial charge in [-0.1, -0.05) is 0 Å². The lowest BCUT2D eigenvalue weighted by Gasteiger charge is -2.21. The highest BCUT2D eigenvalue weighted by atomic mass is 15.3. The van der Waals surface area contributed by atoms with E-state index in [4.69, 9.17) is 29.9 Å². The topological polar surface area (TPSA) is 135 Å². The number of H-pyrrole nitrogens is 2. The van der Waals surface area contributed by atoms with Crippen molar-refractivity contribution in [2.45, 2.75) is 0 Å². The molecule has 8 bridgehead atoms. The van der Waals surface area contributed by atoms with Crippen molar-refractivity contribution in [3.63, 3.8) is 0 Å². The summed E-state index contributed by atoms with van der Waals surface area (Å²) < 4.78 is 0. The molecule has 0 aliphatic carbocycles. The van der Waals surface area contributed by atoms with E-state index in [2.05, 4.69) is 9.97 Å². The van der Waals surface area contributed by atoms with Crippen LogP contribution in [0.25, 0.3) is 45.4 Å². The third-order valence-corrected chi connectivity index (χ3v) is 7.99. The van der Waals surface area contributed by atoms with Crippen molar-refractivity contribution < 1.29 is 0 Å². The standard InChI is InChI=1S/C32H50N16/c1-41(2)17-18(42(3)4)26-33-25(17)37-27-19(43(5)6)20(44(7)8)29(34-27)39-31-23(47(13)14)24(48(15)16)32(36-31)40-30-22(46(11)12)21(45(9)10)28(35-30)38-26/h1-16H3,(H2,33,34,35,36,37,38,39,40). The lowest BCUT2D eigenvalue weighted by molar-refractivity contribution is 0.550. The fourth-order valence-electron chi connectivity index (χ4n) is 6.15. The van der Waals surface area contributed by atoms with Crippen LogP contribution in [0, 0.1) is 0 Å². The van der Waals surface area contributed by atoms with Gasteiger partial charge in [-0.15, -0.1) is 0 Å². The van der Waals surface area contributed by atoms with Gasteiger partial charge in [-0.05, 0) is 0 Å². The number of anilines is 4. The first-order valence-corrected chi connectivity index (χ1v) is 15.6. The Morgan fingerprint density at radius 1 is 0.271 bits per heavy atom. The number of aromatic nitrogens is 8. The molecule has 0 radical (unpaired) electrons. The molecule has 0 atom stereocenters. The summed E-state index contributed by atoms with van der Waals surface area (Å²) in [5.41, 5.74) is 9.39. The van der Waals surface area contributed by atoms with E-state index in [1.807, 2.05) is 152 Å². The molecule has 0 fully saturated rings. The molecule has 3 aromatic rings. The van der Waals surface area contributed by atoms with Gasteiger partial charge in [0.2, 0.25) is 0 Å². The number of rotatable bonds is 8. The third-order valence-electron chi connectivity index (χ3n) is 7.99. The predicted molar refractivity (Wildman–Crippen MR) is 198 cm³/mol. The fraction of sp³-hybridized carbons (Fsp3) is 0.500. The maximum Gasteiger partial charge on any atom is 0.182 e. The molecule has 5 heterocycles. The maximum absolute atomic E-state index is 5.24. The van der Waals surface area contributed by atoms with Crippen molar-refractivity contribution in [1.29, 1.82) is 0 Å². The molecule has 16 heteroatoms. The number of fused-ring (bicyclic) bond motifs is 8. The minimum absolute atomic E-state index is 0.508. The van der Waals surface area contributed by atoms with E-state index in [9.17, 15) is 0 Å². The van der Waals surface area contributed by atoms with Gasteiger partial charge in [0.1, 0.15) is 45.5 Å². The summed E-state index contributed by atoms with van der Waals surface area (Å²) in [7, 11) is 31.9. The average molecular weight is 659 g/mol. The Bertz CT molecular complexity index is 1820. The Morgan fingerprint density at radius 3 is 0.688 bits per heavy atom. The SMILES string of the molecule is CN(C)C1=C(N(C)C)c2nc1nc1nc(nc3[nH]c(nc4[nH]c(n2)c(N(C)C)c4N(C)C)c(N(C)C)c3N(C)C)C(N(C)C)=C1N(C)C. The summed E-state index contributed by atoms with van der Waals surface area (Å²) in [6.07, 6.45) is 0. The molecule has 48 heavy (non-hydrogen) atoms. The van der Waals surface area contributed by atoms with Gasteiger partial charge in [0.05, 0.1) is 0 Å². The molecule has 2 N–H and O–H groups in total. The Balaban J connectivity index is 2.14. The monoisotopic (exact) mass is 658 g/mol. The van der Waals surface area contributed by atoms with E-state index in [-0.39, 0.29) is 0 Å². The lowest BCUT2D eigenvalue weighted by Crippen LogP contribution is -2.19. The van der Waals surface area contributed by atoms with Crippen LogP contribution >= 0.6 is 0 Å². The molecule has 0 unspecified atom stereocenters. The summed E-state index contributed by atoms with van der Waals surface area (Å²) >= 11 is 0. The Kier molecular flexibility index (Phi) is 8.79. The number of nitrogens with zero attached hydrogens (tertiary/aromatic N) is 14. The second kappa shape index (κ2) is 12.4. The Labute approximate surface area is 283 Å². The Hall–Kier alpha value is -5.28. The minimum atomic E-state index is 0.508. The highest BCUT2D eigenvalue weighted by Gasteiger charge is 2.31. The summed E-state index contributed by atoms with van der Waals surface area (Å²) in [6.45, 7) is 0. The second-order valence-electron chi connectivity index (χ2n) is 13.6. The largest absolute Gasteiger partial charge is 0.373 e. The number of hydrogen-bond acceptors (Lipinski definition) is 14. The first kappa shape index (κ1) is 34.1. The smallest absolute Gasteiger partial charge is 0.182 e. The van der Waals surface area contributed by atoms with Crippen LogP contribution in [0.15, 0.2) is 0 Å². The minimum Gasteiger partial charge on any atom is -0.373 e. The molecule has 5 rings (SSSR count). The van der Waals surface area contributed by atoms with Gasteiger partial charge in [0.25, 0.3) is 0 Å². The van der Waals surface area contributed by atoms with Crippen LogP contribution in [-0.4, -0.2) is 172 Å². The third kappa shape index (κ3) is 5.64. The zero-order chi connectivity index (χ0) is 35.5. The van der Waals surface area contributed by atoms with Gasteiger partial charge in [-0.25, -0.2) is 29.9 Å². The van der Waals surface area contributed by atoms with Crippen LogP contribution in [0.1, 0.15) is 23.3 Å². The molecular weight excluding hydrogens is 608 g/mol. The zero-order valence-corrected chi connectivity index (χ0v) is 31.3. The van der Waals surface area contributed by atoms with Gasteiger partial charge < -0.3 is 49.2 Å². The first-order chi connectivity index (χ1) is 22.4. The second-order valence-corrected chi connectivity index (χ2v) is 13.6. The Morgan fingerprint density at radius 2 is 0.479 bits per heavy atom. The predicted octanol–water partition coefficient (Wildman–Crippen LogP) is 2.06. The zero-order valence-electron chi connectivity index (χ0n) is 31.3. The van der Waals surface area contributed by atoms with Gasteiger partial charge in [-0.2, -0.15) is 0 Å². The van der Waals surface area contributed by atoms with E-state index in [0.717, 1.165) is 45.5 Å². The normalized spacial score (nSPS) is 12.8. The van der Waals surface area contributed by atoms with Gasteiger partial charge >= 0.3 is 0 Å². The van der Waals surface area contributed by atoms with Crippen molar-refractivity contribution in [2.24, 2.45) is 0 Å². The van der Waals surface area contributed by atoms with E-state index in [0.29, 0.717) is 45.9 Å². The quantitative estimate of drug-likeness (QED) is 0.366. The molecule has 2 aliphatic rings. The summed E-state index contributed by atoms with van der Waals surface area (Å²) in [5.74, 6) is 2.07. The summed E-state index contributed by atoms with van der Waals surface area (Å²) in [5, 5.41) is 0. The molecule has 2 aliphatic heterocycles. The van der Waals surface area contributed by atoms with Crippen LogP contribution in [0.4, 0.5) is 22.7 Å². The number of aromatic amines is 2. The summed E-state index contributed by atoms with van der Waals surface area (Å²) in [4.78, 5) is 54.3. The molecule has 0 saturated carbocycles. The highest BCUT2D eigenvalue weighted by molar-refractivity contribution is 5.99. The van der Waals surface area contributed by atoms with Crippen LogP contribution < -0.4 is 19.6 Å². The van der Waals surface area contributed by atoms with Crippen LogP contribution in [0.2, 0.25) is 0 Å². The number of hydrogen-bond donors (Lipinski definition) is 2. The van der Waals surface area contributed by atoms with Crippen molar-refractivity contribution in [3.05, 3.63) is 23.3 Å². The van der Waals surface area contributed by atoms with E-state index < -0.39 is 0 Å². The van der Waals surface area contributed by atoms with Crippen molar-refractivity contribution in [1.82, 2.24) is 59.5 Å². The average Bonchev–Trinajstić information content (AvgIpc) is 3.69. The summed E-state index contributed by atoms with van der Waals surface area (Å²) in [6, 6.07) is 0.